The number of alkyl halides is 3. The SMILES string of the molecule is CS(=O)(=O)N(CC(F)(F)F)C1CCN(C(=O)C2CNC2)CC1.Cl. The summed E-state index contributed by atoms with van der Waals surface area (Å²) in [6.07, 6.45) is -3.33. The van der Waals surface area contributed by atoms with Gasteiger partial charge in [-0.2, -0.15) is 17.5 Å². The molecule has 1 amide bonds. The zero-order valence-corrected chi connectivity index (χ0v) is 14.3. The molecule has 2 aliphatic heterocycles. The van der Waals surface area contributed by atoms with E-state index in [1.54, 1.807) is 4.90 Å². The highest BCUT2D eigenvalue weighted by Gasteiger charge is 2.40. The van der Waals surface area contributed by atoms with Crippen molar-refractivity contribution in [2.75, 3.05) is 39.0 Å². The molecule has 0 spiro atoms. The van der Waals surface area contributed by atoms with Crippen LogP contribution in [0, 0.1) is 5.92 Å². The number of nitrogens with one attached hydrogen (secondary N) is 1. The predicted octanol–water partition coefficient (Wildman–Crippen LogP) is 0.442. The van der Waals surface area contributed by atoms with Crippen molar-refractivity contribution in [3.05, 3.63) is 0 Å². The van der Waals surface area contributed by atoms with Crippen LogP contribution in [-0.4, -0.2) is 74.7 Å². The van der Waals surface area contributed by atoms with Crippen molar-refractivity contribution < 1.29 is 26.4 Å². The molecule has 0 aromatic rings. The molecule has 6 nitrogen and oxygen atoms in total. The van der Waals surface area contributed by atoms with Crippen molar-refractivity contribution in [3.63, 3.8) is 0 Å². The largest absolute Gasteiger partial charge is 0.402 e. The van der Waals surface area contributed by atoms with Gasteiger partial charge in [0, 0.05) is 32.2 Å². The highest BCUT2D eigenvalue weighted by atomic mass is 35.5. The first kappa shape index (κ1) is 20.5. The number of carbonyl (C=O) groups is 1. The van der Waals surface area contributed by atoms with Crippen molar-refractivity contribution in [2.24, 2.45) is 5.92 Å². The molecule has 11 heteroatoms. The van der Waals surface area contributed by atoms with Crippen molar-refractivity contribution in [1.29, 1.82) is 0 Å². The van der Waals surface area contributed by atoms with Crippen LogP contribution in [0.25, 0.3) is 0 Å². The number of sulfonamides is 1. The molecular formula is C12H21ClF3N3O3S. The van der Waals surface area contributed by atoms with Gasteiger partial charge in [-0.1, -0.05) is 0 Å². The first-order valence-corrected chi connectivity index (χ1v) is 8.96. The Morgan fingerprint density at radius 1 is 1.26 bits per heavy atom. The Bertz CT molecular complexity index is 517. The van der Waals surface area contributed by atoms with Gasteiger partial charge < -0.3 is 10.2 Å². The third-order valence-corrected chi connectivity index (χ3v) is 5.35. The van der Waals surface area contributed by atoms with E-state index in [0.29, 0.717) is 30.5 Å². The van der Waals surface area contributed by atoms with E-state index in [4.69, 9.17) is 0 Å². The number of rotatable bonds is 4. The smallest absolute Gasteiger partial charge is 0.342 e. The Kier molecular flexibility index (Phi) is 6.71. The Balaban J connectivity index is 0.00000264. The van der Waals surface area contributed by atoms with Crippen LogP contribution in [0.5, 0.6) is 0 Å². The standard InChI is InChI=1S/C12H20F3N3O3S.ClH/c1-22(20,21)18(8-12(13,14)15)10-2-4-17(5-3-10)11(19)9-6-16-7-9;/h9-10,16H,2-8H2,1H3;1H. The van der Waals surface area contributed by atoms with Crippen LogP contribution in [0.15, 0.2) is 0 Å². The molecule has 136 valence electrons. The first-order valence-electron chi connectivity index (χ1n) is 7.11. The molecule has 1 N–H and O–H groups in total. The molecule has 0 saturated carbocycles. The van der Waals surface area contributed by atoms with Crippen LogP contribution in [0.3, 0.4) is 0 Å². The van der Waals surface area contributed by atoms with E-state index in [1.807, 2.05) is 0 Å². The van der Waals surface area contributed by atoms with E-state index in [1.165, 1.54) is 0 Å². The molecule has 2 aliphatic rings. The van der Waals surface area contributed by atoms with Gasteiger partial charge in [-0.25, -0.2) is 8.42 Å². The number of amides is 1. The Morgan fingerprint density at radius 2 is 1.78 bits per heavy atom. The Hall–Kier alpha value is -0.580. The molecule has 0 unspecified atom stereocenters. The summed E-state index contributed by atoms with van der Waals surface area (Å²) in [6, 6.07) is -0.708. The number of piperidine rings is 1. The lowest BCUT2D eigenvalue weighted by Crippen LogP contribution is -2.56. The van der Waals surface area contributed by atoms with Gasteiger partial charge in [0.05, 0.1) is 12.2 Å². The number of hydrogen-bond donors (Lipinski definition) is 1. The monoisotopic (exact) mass is 379 g/mol. The number of nitrogens with zero attached hydrogens (tertiary/aromatic N) is 2. The van der Waals surface area contributed by atoms with Crippen LogP contribution < -0.4 is 5.32 Å². The average molecular weight is 380 g/mol. The maximum Gasteiger partial charge on any atom is 0.402 e. The molecule has 2 saturated heterocycles. The van der Waals surface area contributed by atoms with Crippen LogP contribution in [0.2, 0.25) is 0 Å². The van der Waals surface area contributed by atoms with Crippen molar-refractivity contribution >= 4 is 28.3 Å². The molecule has 2 rings (SSSR count). The predicted molar refractivity (Wildman–Crippen MR) is 80.8 cm³/mol. The van der Waals surface area contributed by atoms with Crippen molar-refractivity contribution in [3.8, 4) is 0 Å². The molecule has 0 aliphatic carbocycles. The topological polar surface area (TPSA) is 69.7 Å². The number of hydrogen-bond acceptors (Lipinski definition) is 4. The molecule has 0 radical (unpaired) electrons. The van der Waals surface area contributed by atoms with Crippen LogP contribution >= 0.6 is 12.4 Å². The zero-order chi connectivity index (χ0) is 16.5. The second kappa shape index (κ2) is 7.54. The zero-order valence-electron chi connectivity index (χ0n) is 12.7. The fraction of sp³-hybridized carbons (Fsp3) is 0.917. The molecule has 0 bridgehead atoms. The summed E-state index contributed by atoms with van der Waals surface area (Å²) >= 11 is 0. The highest BCUT2D eigenvalue weighted by molar-refractivity contribution is 7.88. The summed E-state index contributed by atoms with van der Waals surface area (Å²) in [4.78, 5) is 13.7. The fourth-order valence-electron chi connectivity index (χ4n) is 2.79. The maximum atomic E-state index is 12.6. The first-order chi connectivity index (χ1) is 10.1. The van der Waals surface area contributed by atoms with Crippen LogP contribution in [0.1, 0.15) is 12.8 Å². The Morgan fingerprint density at radius 3 is 2.13 bits per heavy atom. The van der Waals surface area contributed by atoms with E-state index < -0.39 is 28.8 Å². The molecule has 2 fully saturated rings. The number of halogens is 4. The number of likely N-dealkylation sites (tertiary alicyclic amines) is 1. The normalized spacial score (nSPS) is 21.0. The van der Waals surface area contributed by atoms with Gasteiger partial charge >= 0.3 is 6.18 Å². The summed E-state index contributed by atoms with van der Waals surface area (Å²) in [6.45, 7) is 0.370. The summed E-state index contributed by atoms with van der Waals surface area (Å²) < 4.78 is 61.5. The molecule has 0 aromatic carbocycles. The summed E-state index contributed by atoms with van der Waals surface area (Å²) in [5, 5.41) is 2.99. The summed E-state index contributed by atoms with van der Waals surface area (Å²) in [5.41, 5.74) is 0. The van der Waals surface area contributed by atoms with Gasteiger partial charge in [0.2, 0.25) is 15.9 Å². The molecule has 23 heavy (non-hydrogen) atoms. The minimum Gasteiger partial charge on any atom is -0.342 e. The second-order valence-corrected chi connectivity index (χ2v) is 7.77. The minimum atomic E-state index is -4.58. The quantitative estimate of drug-likeness (QED) is 0.769. The van der Waals surface area contributed by atoms with Crippen LogP contribution in [-0.2, 0) is 14.8 Å². The third-order valence-electron chi connectivity index (χ3n) is 4.08. The maximum absolute atomic E-state index is 12.6. The summed E-state index contributed by atoms with van der Waals surface area (Å²) in [7, 11) is -3.95. The number of carbonyl (C=O) groups excluding carboxylic acids is 1. The van der Waals surface area contributed by atoms with Gasteiger partial charge in [0.1, 0.15) is 6.54 Å². The van der Waals surface area contributed by atoms with E-state index in [0.717, 1.165) is 6.26 Å². The van der Waals surface area contributed by atoms with Gasteiger partial charge in [0.25, 0.3) is 0 Å². The van der Waals surface area contributed by atoms with Gasteiger partial charge in [0.15, 0.2) is 0 Å². The lowest BCUT2D eigenvalue weighted by atomic mass is 9.98. The van der Waals surface area contributed by atoms with E-state index in [9.17, 15) is 26.4 Å². The van der Waals surface area contributed by atoms with Gasteiger partial charge in [-0.3, -0.25) is 4.79 Å². The van der Waals surface area contributed by atoms with E-state index in [2.05, 4.69) is 5.32 Å². The highest BCUT2D eigenvalue weighted by Crippen LogP contribution is 2.25. The van der Waals surface area contributed by atoms with Gasteiger partial charge in [-0.15, -0.1) is 12.4 Å². The molecular weight excluding hydrogens is 359 g/mol. The third kappa shape index (κ3) is 5.47. The average Bonchev–Trinajstić information content (AvgIpc) is 2.32. The van der Waals surface area contributed by atoms with E-state index >= 15 is 0 Å². The molecule has 2 heterocycles. The Labute approximate surface area is 139 Å². The second-order valence-electron chi connectivity index (χ2n) is 5.84. The van der Waals surface area contributed by atoms with Gasteiger partial charge in [-0.05, 0) is 12.8 Å². The lowest BCUT2D eigenvalue weighted by molar-refractivity contribution is -0.144. The fourth-order valence-corrected chi connectivity index (χ4v) is 3.92. The van der Waals surface area contributed by atoms with Crippen molar-refractivity contribution in [1.82, 2.24) is 14.5 Å². The molecule has 0 atom stereocenters. The lowest BCUT2D eigenvalue weighted by Gasteiger charge is -2.40. The molecule has 0 aromatic heterocycles. The summed E-state index contributed by atoms with van der Waals surface area (Å²) in [5.74, 6) is -0.0586. The van der Waals surface area contributed by atoms with Crippen molar-refractivity contribution in [2.45, 2.75) is 25.1 Å². The van der Waals surface area contributed by atoms with E-state index in [-0.39, 0.29) is 37.1 Å². The van der Waals surface area contributed by atoms with Crippen LogP contribution in [0.4, 0.5) is 13.2 Å². The minimum absolute atomic E-state index is 0.